The van der Waals surface area contributed by atoms with Crippen molar-refractivity contribution in [1.29, 1.82) is 0 Å². The molecule has 1 rings (SSSR count). The summed E-state index contributed by atoms with van der Waals surface area (Å²) in [6.45, 7) is 5.69. The third-order valence-electron chi connectivity index (χ3n) is 2.61. The first-order valence-electron chi connectivity index (χ1n) is 5.07. The second kappa shape index (κ2) is 4.42. The summed E-state index contributed by atoms with van der Waals surface area (Å²) in [5, 5.41) is 3.89. The molecule has 0 saturated carbocycles. The van der Waals surface area contributed by atoms with Gasteiger partial charge < -0.3 is 9.53 Å². The molecule has 0 amide bonds. The van der Waals surface area contributed by atoms with Crippen molar-refractivity contribution in [3.8, 4) is 0 Å². The molecule has 5 heteroatoms. The van der Waals surface area contributed by atoms with Crippen LogP contribution in [0.1, 0.15) is 27.2 Å². The molecule has 1 N–H and O–H groups in total. The molecular weight excluding hydrogens is 196 g/mol. The van der Waals surface area contributed by atoms with Crippen molar-refractivity contribution in [3.05, 3.63) is 0 Å². The summed E-state index contributed by atoms with van der Waals surface area (Å²) in [6, 6.07) is 0. The first kappa shape index (κ1) is 11.7. The van der Waals surface area contributed by atoms with Gasteiger partial charge in [-0.15, -0.1) is 0 Å². The summed E-state index contributed by atoms with van der Waals surface area (Å²) in [5.74, 6) is -0.656. The maximum Gasteiger partial charge on any atom is 0.354 e. The van der Waals surface area contributed by atoms with Crippen LogP contribution in [-0.2, 0) is 14.3 Å². The molecule has 0 aliphatic carbocycles. The molecule has 0 bridgehead atoms. The molecule has 0 spiro atoms. The van der Waals surface area contributed by atoms with Crippen molar-refractivity contribution in [1.82, 2.24) is 5.43 Å². The minimum absolute atomic E-state index is 0.214. The Morgan fingerprint density at radius 3 is 2.80 bits per heavy atom. The van der Waals surface area contributed by atoms with Gasteiger partial charge in [-0.3, -0.25) is 5.43 Å². The molecule has 0 aromatic carbocycles. The summed E-state index contributed by atoms with van der Waals surface area (Å²) in [6.07, 6.45) is 1.46. The lowest BCUT2D eigenvalue weighted by Gasteiger charge is -2.23. The van der Waals surface area contributed by atoms with Gasteiger partial charge >= 0.3 is 5.97 Å². The highest BCUT2D eigenvalue weighted by Gasteiger charge is 2.44. The number of aldehydes is 1. The van der Waals surface area contributed by atoms with E-state index in [1.54, 1.807) is 13.8 Å². The molecule has 0 aromatic rings. The maximum absolute atomic E-state index is 11.5. The van der Waals surface area contributed by atoms with Crippen LogP contribution in [-0.4, -0.2) is 30.1 Å². The van der Waals surface area contributed by atoms with Gasteiger partial charge in [-0.25, -0.2) is 4.79 Å². The van der Waals surface area contributed by atoms with Crippen LogP contribution in [0.15, 0.2) is 5.10 Å². The molecule has 84 valence electrons. The summed E-state index contributed by atoms with van der Waals surface area (Å²) >= 11 is 0. The Labute approximate surface area is 88.9 Å². The third-order valence-corrected chi connectivity index (χ3v) is 2.61. The number of hydrogen-bond donors (Lipinski definition) is 1. The zero-order valence-corrected chi connectivity index (χ0v) is 9.24. The molecule has 1 heterocycles. The molecule has 2 atom stereocenters. The first-order valence-corrected chi connectivity index (χ1v) is 5.07. The van der Waals surface area contributed by atoms with Gasteiger partial charge in [0.2, 0.25) is 0 Å². The van der Waals surface area contributed by atoms with E-state index in [4.69, 9.17) is 4.74 Å². The van der Waals surface area contributed by atoms with Gasteiger partial charge in [0.25, 0.3) is 0 Å². The Morgan fingerprint density at radius 1 is 1.67 bits per heavy atom. The predicted octanol–water partition coefficient (Wildman–Crippen LogP) is 0.492. The van der Waals surface area contributed by atoms with E-state index in [9.17, 15) is 9.59 Å². The molecule has 0 saturated heterocycles. The number of nitrogens with zero attached hydrogens (tertiary/aromatic N) is 1. The van der Waals surface area contributed by atoms with Gasteiger partial charge in [0, 0.05) is 5.92 Å². The number of esters is 1. The summed E-state index contributed by atoms with van der Waals surface area (Å²) in [5.41, 5.74) is 2.23. The van der Waals surface area contributed by atoms with Gasteiger partial charge in [-0.2, -0.15) is 5.10 Å². The van der Waals surface area contributed by atoms with Crippen LogP contribution >= 0.6 is 0 Å². The monoisotopic (exact) mass is 212 g/mol. The second-order valence-electron chi connectivity index (χ2n) is 3.69. The van der Waals surface area contributed by atoms with Crippen molar-refractivity contribution in [2.45, 2.75) is 32.7 Å². The summed E-state index contributed by atoms with van der Waals surface area (Å²) in [7, 11) is 0. The minimum Gasteiger partial charge on any atom is -0.461 e. The van der Waals surface area contributed by atoms with Gasteiger partial charge in [-0.05, 0) is 20.3 Å². The quantitative estimate of drug-likeness (QED) is 0.544. The zero-order chi connectivity index (χ0) is 11.5. The lowest BCUT2D eigenvalue weighted by Crippen LogP contribution is -2.45. The topological polar surface area (TPSA) is 67.8 Å². The van der Waals surface area contributed by atoms with Crippen molar-refractivity contribution >= 4 is 18.0 Å². The number of ether oxygens (including phenoxy) is 1. The van der Waals surface area contributed by atoms with Crippen LogP contribution < -0.4 is 5.43 Å². The third kappa shape index (κ3) is 2.00. The van der Waals surface area contributed by atoms with Crippen molar-refractivity contribution in [2.24, 2.45) is 11.0 Å². The highest BCUT2D eigenvalue weighted by atomic mass is 16.5. The van der Waals surface area contributed by atoms with Crippen LogP contribution in [0, 0.1) is 5.92 Å². The van der Waals surface area contributed by atoms with Crippen LogP contribution in [0.4, 0.5) is 0 Å². The Kier molecular flexibility index (Phi) is 3.44. The Hall–Kier alpha value is -1.39. The van der Waals surface area contributed by atoms with Crippen LogP contribution in [0.2, 0.25) is 0 Å². The Bertz CT molecular complexity index is 301. The molecule has 1 aliphatic heterocycles. The standard InChI is InChI=1S/C10H16N2O3/c1-4-7-8(9(14)15-5-2)11-12-10(7,3)6-13/h6-7,12H,4-5H2,1-3H3/t7-,10+/m1/s1. The normalized spacial score (nSPS) is 29.3. The molecular formula is C10H16N2O3. The van der Waals surface area contributed by atoms with E-state index >= 15 is 0 Å². The summed E-state index contributed by atoms with van der Waals surface area (Å²) < 4.78 is 4.87. The van der Waals surface area contributed by atoms with E-state index in [-0.39, 0.29) is 5.92 Å². The lowest BCUT2D eigenvalue weighted by molar-refractivity contribution is -0.135. The number of carbonyl (C=O) groups is 2. The fourth-order valence-electron chi connectivity index (χ4n) is 1.74. The van der Waals surface area contributed by atoms with Crippen molar-refractivity contribution in [3.63, 3.8) is 0 Å². The largest absolute Gasteiger partial charge is 0.461 e. The van der Waals surface area contributed by atoms with Gasteiger partial charge in [0.15, 0.2) is 5.71 Å². The number of hydrazone groups is 1. The highest BCUT2D eigenvalue weighted by molar-refractivity contribution is 6.38. The SMILES string of the molecule is CCOC(=O)C1=NN[C@@](C)(C=O)[C@@H]1CC. The molecule has 15 heavy (non-hydrogen) atoms. The number of nitrogens with one attached hydrogen (secondary N) is 1. The Morgan fingerprint density at radius 2 is 2.33 bits per heavy atom. The van der Waals surface area contributed by atoms with Gasteiger partial charge in [0.05, 0.1) is 6.61 Å². The van der Waals surface area contributed by atoms with Crippen LogP contribution in [0.5, 0.6) is 0 Å². The van der Waals surface area contributed by atoms with Crippen molar-refractivity contribution < 1.29 is 14.3 Å². The highest BCUT2D eigenvalue weighted by Crippen LogP contribution is 2.26. The second-order valence-corrected chi connectivity index (χ2v) is 3.69. The van der Waals surface area contributed by atoms with E-state index in [0.717, 1.165) is 6.29 Å². The summed E-state index contributed by atoms with van der Waals surface area (Å²) in [4.78, 5) is 22.4. The zero-order valence-electron chi connectivity index (χ0n) is 9.24. The average Bonchev–Trinajstić information content (AvgIpc) is 2.56. The first-order chi connectivity index (χ1) is 7.09. The van der Waals surface area contributed by atoms with Gasteiger partial charge in [0.1, 0.15) is 11.8 Å². The molecule has 1 aliphatic rings. The minimum atomic E-state index is -0.781. The maximum atomic E-state index is 11.5. The van der Waals surface area contributed by atoms with E-state index in [2.05, 4.69) is 10.5 Å². The van der Waals surface area contributed by atoms with E-state index in [1.165, 1.54) is 0 Å². The number of carbonyl (C=O) groups excluding carboxylic acids is 2. The lowest BCUT2D eigenvalue weighted by atomic mass is 9.83. The van der Waals surface area contributed by atoms with E-state index in [0.29, 0.717) is 18.7 Å². The average molecular weight is 212 g/mol. The fraction of sp³-hybridized carbons (Fsp3) is 0.700. The van der Waals surface area contributed by atoms with Crippen LogP contribution in [0.25, 0.3) is 0 Å². The predicted molar refractivity (Wildman–Crippen MR) is 55.5 cm³/mol. The van der Waals surface area contributed by atoms with E-state index in [1.807, 2.05) is 6.92 Å². The smallest absolute Gasteiger partial charge is 0.354 e. The molecule has 0 unspecified atom stereocenters. The molecule has 0 fully saturated rings. The van der Waals surface area contributed by atoms with Crippen molar-refractivity contribution in [2.75, 3.05) is 6.61 Å². The number of hydrogen-bond acceptors (Lipinski definition) is 5. The van der Waals surface area contributed by atoms with Gasteiger partial charge in [-0.1, -0.05) is 6.92 Å². The van der Waals surface area contributed by atoms with E-state index < -0.39 is 11.5 Å². The van der Waals surface area contributed by atoms with Crippen LogP contribution in [0.3, 0.4) is 0 Å². The molecule has 5 nitrogen and oxygen atoms in total. The Balaban J connectivity index is 2.84. The molecule has 0 aromatic heterocycles. The molecule has 0 radical (unpaired) electrons. The number of rotatable bonds is 4. The fourth-order valence-corrected chi connectivity index (χ4v) is 1.74.